The Morgan fingerprint density at radius 2 is 2.15 bits per heavy atom. The summed E-state index contributed by atoms with van der Waals surface area (Å²) in [6.45, 7) is 0.539. The number of halogens is 1. The third kappa shape index (κ3) is 2.91. The van der Waals surface area contributed by atoms with Crippen LogP contribution in [0.15, 0.2) is 45.5 Å². The number of carbonyl (C=O) groups is 1. The van der Waals surface area contributed by atoms with E-state index in [1.165, 1.54) is 4.70 Å². The average molecular weight is 351 g/mol. The number of hydrogen-bond acceptors (Lipinski definition) is 4. The molecule has 0 aliphatic rings. The summed E-state index contributed by atoms with van der Waals surface area (Å²) in [6, 6.07) is 11.4. The lowest BCUT2D eigenvalue weighted by Crippen LogP contribution is -2.25. The second-order valence-corrected chi connectivity index (χ2v) is 6.08. The van der Waals surface area contributed by atoms with Gasteiger partial charge in [0.1, 0.15) is 0 Å². The Balaban J connectivity index is 1.58. The molecule has 0 saturated heterocycles. The normalized spacial score (nSPS) is 10.8. The summed E-state index contributed by atoms with van der Waals surface area (Å²) in [7, 11) is 0. The van der Waals surface area contributed by atoms with E-state index in [2.05, 4.69) is 32.3 Å². The van der Waals surface area contributed by atoms with Crippen molar-refractivity contribution in [2.24, 2.45) is 0 Å². The second kappa shape index (κ2) is 5.76. The van der Waals surface area contributed by atoms with E-state index in [1.807, 2.05) is 18.2 Å². The zero-order chi connectivity index (χ0) is 13.9. The fourth-order valence-corrected chi connectivity index (χ4v) is 3.11. The molecule has 0 aliphatic carbocycles. The van der Waals surface area contributed by atoms with Gasteiger partial charge in [0, 0.05) is 13.0 Å². The van der Waals surface area contributed by atoms with Crippen molar-refractivity contribution in [1.82, 2.24) is 10.3 Å². The van der Waals surface area contributed by atoms with Crippen LogP contribution in [-0.4, -0.2) is 17.4 Å². The van der Waals surface area contributed by atoms with E-state index in [4.69, 9.17) is 4.42 Å². The topological polar surface area (TPSA) is 55.1 Å². The molecule has 0 saturated carbocycles. The van der Waals surface area contributed by atoms with Crippen molar-refractivity contribution >= 4 is 43.4 Å². The van der Waals surface area contributed by atoms with Gasteiger partial charge >= 0.3 is 0 Å². The molecule has 6 heteroatoms. The van der Waals surface area contributed by atoms with Gasteiger partial charge in [0.15, 0.2) is 10.4 Å². The van der Waals surface area contributed by atoms with E-state index in [0.29, 0.717) is 23.4 Å². The summed E-state index contributed by atoms with van der Waals surface area (Å²) in [5.74, 6) is 0.0954. The third-order valence-electron chi connectivity index (χ3n) is 2.76. The Morgan fingerprint density at radius 3 is 2.90 bits per heavy atom. The number of benzene rings is 1. The first-order valence-electron chi connectivity index (χ1n) is 6.10. The van der Waals surface area contributed by atoms with Crippen LogP contribution in [0.5, 0.6) is 0 Å². The summed E-state index contributed by atoms with van der Waals surface area (Å²) < 4.78 is 6.91. The number of para-hydroxylation sites is 1. The molecule has 0 atom stereocenters. The second-order valence-electron chi connectivity index (χ2n) is 4.18. The SMILES string of the molecule is O=C(NCCc1nc2ccccc2s1)c1ccc(Br)o1. The van der Waals surface area contributed by atoms with Gasteiger partial charge in [0.2, 0.25) is 0 Å². The summed E-state index contributed by atoms with van der Waals surface area (Å²) >= 11 is 4.83. The molecule has 102 valence electrons. The van der Waals surface area contributed by atoms with Crippen molar-refractivity contribution in [1.29, 1.82) is 0 Å². The van der Waals surface area contributed by atoms with Gasteiger partial charge in [-0.15, -0.1) is 11.3 Å². The van der Waals surface area contributed by atoms with Gasteiger partial charge in [-0.2, -0.15) is 0 Å². The smallest absolute Gasteiger partial charge is 0.287 e. The molecule has 0 radical (unpaired) electrons. The van der Waals surface area contributed by atoms with Crippen molar-refractivity contribution in [3.63, 3.8) is 0 Å². The van der Waals surface area contributed by atoms with Gasteiger partial charge in [-0.05, 0) is 40.2 Å². The summed E-state index contributed by atoms with van der Waals surface area (Å²) in [6.07, 6.45) is 0.715. The minimum absolute atomic E-state index is 0.211. The molecule has 0 spiro atoms. The van der Waals surface area contributed by atoms with Crippen LogP contribution in [0, 0.1) is 0 Å². The number of aromatic nitrogens is 1. The van der Waals surface area contributed by atoms with Crippen LogP contribution in [0.4, 0.5) is 0 Å². The van der Waals surface area contributed by atoms with Crippen LogP contribution in [-0.2, 0) is 6.42 Å². The van der Waals surface area contributed by atoms with Crippen LogP contribution >= 0.6 is 27.3 Å². The molecular formula is C14H11BrN2O2S. The minimum atomic E-state index is -0.211. The number of furan rings is 1. The number of fused-ring (bicyclic) bond motifs is 1. The molecule has 0 unspecified atom stereocenters. The monoisotopic (exact) mass is 350 g/mol. The van der Waals surface area contributed by atoms with Gasteiger partial charge < -0.3 is 9.73 Å². The maximum Gasteiger partial charge on any atom is 0.287 e. The molecule has 4 nitrogen and oxygen atoms in total. The predicted molar refractivity (Wildman–Crippen MR) is 82.1 cm³/mol. The van der Waals surface area contributed by atoms with Crippen LogP contribution in [0.1, 0.15) is 15.6 Å². The highest BCUT2D eigenvalue weighted by Gasteiger charge is 2.10. The van der Waals surface area contributed by atoms with E-state index < -0.39 is 0 Å². The number of thiazole rings is 1. The Morgan fingerprint density at radius 1 is 1.30 bits per heavy atom. The highest BCUT2D eigenvalue weighted by molar-refractivity contribution is 9.10. The van der Waals surface area contributed by atoms with Crippen molar-refractivity contribution in [3.05, 3.63) is 51.8 Å². The molecule has 0 fully saturated rings. The number of carbonyl (C=O) groups excluding carboxylic acids is 1. The largest absolute Gasteiger partial charge is 0.444 e. The fraction of sp³-hybridized carbons (Fsp3) is 0.143. The van der Waals surface area contributed by atoms with Crippen molar-refractivity contribution < 1.29 is 9.21 Å². The lowest BCUT2D eigenvalue weighted by molar-refractivity contribution is 0.0925. The number of nitrogens with zero attached hydrogens (tertiary/aromatic N) is 1. The van der Waals surface area contributed by atoms with Crippen molar-refractivity contribution in [2.75, 3.05) is 6.54 Å². The van der Waals surface area contributed by atoms with Crippen LogP contribution in [0.2, 0.25) is 0 Å². The lowest BCUT2D eigenvalue weighted by atomic mass is 10.3. The van der Waals surface area contributed by atoms with Gasteiger partial charge in [-0.1, -0.05) is 12.1 Å². The molecule has 2 heterocycles. The molecule has 2 aromatic heterocycles. The first kappa shape index (κ1) is 13.3. The summed E-state index contributed by atoms with van der Waals surface area (Å²) in [5, 5.41) is 3.84. The van der Waals surface area contributed by atoms with Gasteiger partial charge in [-0.3, -0.25) is 4.79 Å². The van der Waals surface area contributed by atoms with E-state index in [9.17, 15) is 4.79 Å². The first-order chi connectivity index (χ1) is 9.72. The number of nitrogens with one attached hydrogen (secondary N) is 1. The molecule has 3 rings (SSSR count). The van der Waals surface area contributed by atoms with Crippen molar-refractivity contribution in [2.45, 2.75) is 6.42 Å². The van der Waals surface area contributed by atoms with Crippen LogP contribution < -0.4 is 5.32 Å². The number of amides is 1. The predicted octanol–water partition coefficient (Wildman–Crippen LogP) is 3.62. The third-order valence-corrected chi connectivity index (χ3v) is 4.28. The van der Waals surface area contributed by atoms with Crippen LogP contribution in [0.3, 0.4) is 0 Å². The minimum Gasteiger partial charge on any atom is -0.444 e. The zero-order valence-electron chi connectivity index (χ0n) is 10.4. The highest BCUT2D eigenvalue weighted by Crippen LogP contribution is 2.21. The van der Waals surface area contributed by atoms with Gasteiger partial charge in [0.25, 0.3) is 5.91 Å². The quantitative estimate of drug-likeness (QED) is 0.781. The van der Waals surface area contributed by atoms with E-state index in [1.54, 1.807) is 23.5 Å². The number of rotatable bonds is 4. The maximum absolute atomic E-state index is 11.8. The average Bonchev–Trinajstić information content (AvgIpc) is 3.04. The first-order valence-corrected chi connectivity index (χ1v) is 7.71. The Hall–Kier alpha value is -1.66. The molecule has 0 bridgehead atoms. The lowest BCUT2D eigenvalue weighted by Gasteiger charge is -2.00. The standard InChI is InChI=1S/C14H11BrN2O2S/c15-12-6-5-10(19-12)14(18)16-8-7-13-17-9-3-1-2-4-11(9)20-13/h1-6H,7-8H2,(H,16,18). The Labute approximate surface area is 127 Å². The van der Waals surface area contributed by atoms with E-state index in [0.717, 1.165) is 10.5 Å². The highest BCUT2D eigenvalue weighted by atomic mass is 79.9. The van der Waals surface area contributed by atoms with Gasteiger partial charge in [-0.25, -0.2) is 4.98 Å². The molecule has 3 aromatic rings. The van der Waals surface area contributed by atoms with Gasteiger partial charge in [0.05, 0.1) is 15.2 Å². The molecule has 1 amide bonds. The molecule has 0 aliphatic heterocycles. The molecule has 1 N–H and O–H groups in total. The van der Waals surface area contributed by atoms with E-state index >= 15 is 0 Å². The fourth-order valence-electron chi connectivity index (χ4n) is 1.83. The van der Waals surface area contributed by atoms with Crippen LogP contribution in [0.25, 0.3) is 10.2 Å². The zero-order valence-corrected chi connectivity index (χ0v) is 12.8. The molecule has 20 heavy (non-hydrogen) atoms. The maximum atomic E-state index is 11.8. The summed E-state index contributed by atoms with van der Waals surface area (Å²) in [4.78, 5) is 16.3. The van der Waals surface area contributed by atoms with Crippen molar-refractivity contribution in [3.8, 4) is 0 Å². The Bertz CT molecular complexity index is 717. The molecule has 1 aromatic carbocycles. The Kier molecular flexibility index (Phi) is 3.84. The molecular weight excluding hydrogens is 340 g/mol. The number of hydrogen-bond donors (Lipinski definition) is 1. The summed E-state index contributed by atoms with van der Waals surface area (Å²) in [5.41, 5.74) is 1.01. The van der Waals surface area contributed by atoms with E-state index in [-0.39, 0.29) is 5.91 Å².